The third-order valence-corrected chi connectivity index (χ3v) is 16.1. The highest BCUT2D eigenvalue weighted by atomic mass is 31.2. The Hall–Kier alpha value is -6.88. The number of phosphoric acid groups is 2. The summed E-state index contributed by atoms with van der Waals surface area (Å²) in [5.74, 6) is -2.63. The van der Waals surface area contributed by atoms with Gasteiger partial charge < -0.3 is 33.8 Å². The standard InChI is InChI=1S/C85H128O17P2/c1-5-9-13-17-21-25-29-33-37-38-39-40-44-46-50-54-58-62-66-70-83(88)96-76-81(102-85(90)72-68-64-60-56-52-48-43-36-32-28-24-20-16-12-8-4)78-100-104(93,94)98-74-79(86)73-97-103(91,92)99-77-80(101-84(89)71-67-63-59-55-51-47-42-35-31-27-23-19-15-11-7-3)75-95-82(87)69-65-61-57-53-49-45-41-34-30-26-22-18-14-10-6-2/h9-16,21-28,33-37,39-43,46,49-51,53,55,58,61-63,65,67,79-81,86H,5-8,17-20,29-32,38,44-45,47-48,52,54,56-57,59-60,64,66,68-78H2,1-4H3,(H,91,92)(H,93,94)/b13-9-,14-10-,15-11-,16-12-,25-21-,26-22-,27-23-,28-24-,37-33-,40-39-,41-34-,42-35-,43-36-,50-46-,53-49-,55-51-,62-58-,65-61-,67-63-. The van der Waals surface area contributed by atoms with Gasteiger partial charge in [-0.05, 0) is 148 Å². The summed E-state index contributed by atoms with van der Waals surface area (Å²) >= 11 is 0. The number of carbonyl (C=O) groups excluding carboxylic acids is 4. The molecule has 5 unspecified atom stereocenters. The van der Waals surface area contributed by atoms with Crippen molar-refractivity contribution >= 4 is 39.5 Å². The Morgan fingerprint density at radius 1 is 0.279 bits per heavy atom. The first-order valence-electron chi connectivity index (χ1n) is 37.6. The highest BCUT2D eigenvalue weighted by molar-refractivity contribution is 7.47. The second kappa shape index (κ2) is 74.4. The van der Waals surface area contributed by atoms with Gasteiger partial charge >= 0.3 is 39.5 Å². The van der Waals surface area contributed by atoms with Gasteiger partial charge in [0.1, 0.15) is 19.3 Å². The molecule has 0 spiro atoms. The largest absolute Gasteiger partial charge is 0.472 e. The first kappa shape index (κ1) is 97.1. The first-order chi connectivity index (χ1) is 50.7. The van der Waals surface area contributed by atoms with Crippen molar-refractivity contribution in [2.24, 2.45) is 0 Å². The Balaban J connectivity index is 5.60. The van der Waals surface area contributed by atoms with Crippen LogP contribution in [0.25, 0.3) is 0 Å². The Kier molecular flexibility index (Phi) is 69.5. The molecule has 0 aromatic rings. The van der Waals surface area contributed by atoms with Crippen molar-refractivity contribution in [2.75, 3.05) is 39.6 Å². The quantitative estimate of drug-likeness (QED) is 0.0169. The highest BCUT2D eigenvalue weighted by Gasteiger charge is 2.30. The Morgan fingerprint density at radius 3 is 0.885 bits per heavy atom. The van der Waals surface area contributed by atoms with Crippen LogP contribution < -0.4 is 0 Å². The molecule has 0 saturated carbocycles. The van der Waals surface area contributed by atoms with Crippen molar-refractivity contribution in [3.63, 3.8) is 0 Å². The molecule has 0 rings (SSSR count). The number of aliphatic hydroxyl groups excluding tert-OH is 1. The van der Waals surface area contributed by atoms with E-state index in [0.29, 0.717) is 32.1 Å². The van der Waals surface area contributed by atoms with Gasteiger partial charge in [-0.2, -0.15) is 0 Å². The molecule has 0 radical (unpaired) electrons. The van der Waals surface area contributed by atoms with E-state index in [1.807, 2.05) is 42.5 Å². The van der Waals surface area contributed by atoms with Gasteiger partial charge in [-0.25, -0.2) is 9.13 Å². The Bertz CT molecular complexity index is 2890. The topological polar surface area (TPSA) is 237 Å². The molecule has 17 nitrogen and oxygen atoms in total. The van der Waals surface area contributed by atoms with Crippen LogP contribution >= 0.6 is 15.6 Å². The summed E-state index contributed by atoms with van der Waals surface area (Å²) < 4.78 is 68.1. The van der Waals surface area contributed by atoms with Gasteiger partial charge in [-0.3, -0.25) is 37.3 Å². The first-order valence-corrected chi connectivity index (χ1v) is 40.6. The molecule has 104 heavy (non-hydrogen) atoms. The molecule has 0 aliphatic rings. The summed E-state index contributed by atoms with van der Waals surface area (Å²) in [6.45, 7) is 4.01. The number of unbranched alkanes of at least 4 members (excludes halogenated alkanes) is 5. The maximum atomic E-state index is 13.1. The summed E-state index contributed by atoms with van der Waals surface area (Å²) in [5, 5.41) is 10.6. The smallest absolute Gasteiger partial charge is 0.462 e. The van der Waals surface area contributed by atoms with E-state index in [9.17, 15) is 43.2 Å². The minimum atomic E-state index is -5.04. The minimum absolute atomic E-state index is 0.0176. The lowest BCUT2D eigenvalue weighted by Crippen LogP contribution is -2.30. The molecule has 0 aliphatic carbocycles. The number of phosphoric ester groups is 2. The van der Waals surface area contributed by atoms with Gasteiger partial charge in [0.15, 0.2) is 12.2 Å². The van der Waals surface area contributed by atoms with E-state index in [1.165, 1.54) is 0 Å². The molecule has 0 aromatic carbocycles. The van der Waals surface area contributed by atoms with Crippen LogP contribution in [0, 0.1) is 0 Å². The SMILES string of the molecule is CC/C=C\C/C=C\C/C=C\C/C=C\C/C=C\C/C=C\CCC(=O)OCC(COP(=O)(O)OCC(O)COP(=O)(O)OCC(COC(=O)C/C=C\C/C=C\C/C=C\C/C=C\C/C=C\CC)OC(=O)C/C=C\C/C=C\C/C=C\C/C=C\C/C=C\CC)OC(=O)CCCCCCC/C=C\C/C=C\C/C=C\CC. The lowest BCUT2D eigenvalue weighted by molar-refractivity contribution is -0.161. The van der Waals surface area contributed by atoms with E-state index in [4.69, 9.17) is 37.0 Å². The fourth-order valence-corrected chi connectivity index (χ4v) is 10.2. The number of esters is 4. The van der Waals surface area contributed by atoms with Gasteiger partial charge in [0.2, 0.25) is 0 Å². The summed E-state index contributed by atoms with van der Waals surface area (Å²) in [6, 6.07) is 0. The number of allylic oxidation sites excluding steroid dienone is 36. The summed E-state index contributed by atoms with van der Waals surface area (Å²) in [7, 11) is -10.1. The molecule has 0 aliphatic heterocycles. The maximum absolute atomic E-state index is 13.1. The fraction of sp³-hybridized carbons (Fsp3) is 0.506. The van der Waals surface area contributed by atoms with Crippen LogP contribution in [-0.4, -0.2) is 96.7 Å². The van der Waals surface area contributed by atoms with Crippen LogP contribution in [0.2, 0.25) is 0 Å². The van der Waals surface area contributed by atoms with Gasteiger partial charge in [-0.15, -0.1) is 0 Å². The van der Waals surface area contributed by atoms with Gasteiger partial charge in [0.05, 0.1) is 39.3 Å². The number of hydrogen-bond donors (Lipinski definition) is 3. The molecule has 0 amide bonds. The fourth-order valence-electron chi connectivity index (χ4n) is 8.64. The molecule has 580 valence electrons. The van der Waals surface area contributed by atoms with Crippen molar-refractivity contribution in [1.82, 2.24) is 0 Å². The van der Waals surface area contributed by atoms with E-state index in [-0.39, 0.29) is 25.7 Å². The van der Waals surface area contributed by atoms with Crippen molar-refractivity contribution in [3.8, 4) is 0 Å². The summed E-state index contributed by atoms with van der Waals surface area (Å²) in [4.78, 5) is 72.7. The third-order valence-electron chi connectivity index (χ3n) is 14.2. The van der Waals surface area contributed by atoms with Crippen molar-refractivity contribution in [3.05, 3.63) is 231 Å². The van der Waals surface area contributed by atoms with Crippen LogP contribution in [0.4, 0.5) is 0 Å². The molecule has 0 aromatic heterocycles. The van der Waals surface area contributed by atoms with Crippen molar-refractivity contribution in [1.29, 1.82) is 0 Å². The van der Waals surface area contributed by atoms with Crippen LogP contribution in [0.5, 0.6) is 0 Å². The monoisotopic (exact) mass is 1480 g/mol. The number of rotatable bonds is 67. The number of hydrogen-bond acceptors (Lipinski definition) is 15. The lowest BCUT2D eigenvalue weighted by Gasteiger charge is -2.21. The molecular weight excluding hydrogens is 1350 g/mol. The van der Waals surface area contributed by atoms with E-state index < -0.39 is 97.5 Å². The van der Waals surface area contributed by atoms with E-state index in [0.717, 1.165) is 135 Å². The van der Waals surface area contributed by atoms with Crippen LogP contribution in [0.1, 0.15) is 220 Å². The van der Waals surface area contributed by atoms with Gasteiger partial charge in [-0.1, -0.05) is 278 Å². The molecular formula is C85H128O17P2. The minimum Gasteiger partial charge on any atom is -0.462 e. The van der Waals surface area contributed by atoms with E-state index >= 15 is 0 Å². The van der Waals surface area contributed by atoms with E-state index in [2.05, 4.69) is 192 Å². The zero-order valence-corrected chi connectivity index (χ0v) is 64.9. The van der Waals surface area contributed by atoms with Gasteiger partial charge in [0.25, 0.3) is 0 Å². The molecule has 5 atom stereocenters. The Labute approximate surface area is 625 Å². The second-order valence-corrected chi connectivity index (χ2v) is 26.6. The number of ether oxygens (including phenoxy) is 4. The predicted molar refractivity (Wildman–Crippen MR) is 426 cm³/mol. The normalized spacial score (nSPS) is 15.2. The summed E-state index contributed by atoms with van der Waals surface area (Å²) in [5.41, 5.74) is 0. The number of aliphatic hydroxyl groups is 1. The molecule has 0 bridgehead atoms. The molecule has 0 fully saturated rings. The molecule has 0 heterocycles. The van der Waals surface area contributed by atoms with Crippen molar-refractivity contribution < 1.29 is 80.2 Å². The van der Waals surface area contributed by atoms with Gasteiger partial charge in [0, 0.05) is 12.8 Å². The molecule has 19 heteroatoms. The van der Waals surface area contributed by atoms with Crippen LogP contribution in [0.3, 0.4) is 0 Å². The zero-order chi connectivity index (χ0) is 76.0. The van der Waals surface area contributed by atoms with E-state index in [1.54, 1.807) is 24.3 Å². The Morgan fingerprint density at radius 2 is 0.538 bits per heavy atom. The lowest BCUT2D eigenvalue weighted by atomic mass is 10.1. The van der Waals surface area contributed by atoms with Crippen molar-refractivity contribution in [2.45, 2.75) is 239 Å². The second-order valence-electron chi connectivity index (χ2n) is 23.7. The zero-order valence-electron chi connectivity index (χ0n) is 63.1. The average molecular weight is 1480 g/mol. The molecule has 3 N–H and O–H groups in total. The molecule has 0 saturated heterocycles. The van der Waals surface area contributed by atoms with Crippen LogP contribution in [0.15, 0.2) is 231 Å². The summed E-state index contributed by atoms with van der Waals surface area (Å²) in [6.07, 6.45) is 95.5. The maximum Gasteiger partial charge on any atom is 0.472 e. The highest BCUT2D eigenvalue weighted by Crippen LogP contribution is 2.45. The number of carbonyl (C=O) groups is 4. The average Bonchev–Trinajstić information content (AvgIpc) is 0.918. The third kappa shape index (κ3) is 73.4. The van der Waals surface area contributed by atoms with Crippen LogP contribution in [-0.2, 0) is 65.4 Å². The predicted octanol–water partition coefficient (Wildman–Crippen LogP) is 21.9.